The molecule has 3 N–H and O–H groups in total. The maximum Gasteiger partial charge on any atom is 0.292 e. The number of aromatic nitrogens is 1. The summed E-state index contributed by atoms with van der Waals surface area (Å²) in [5.74, 6) is -0.649. The Bertz CT molecular complexity index is 1120. The number of hydrogen-bond acceptors (Lipinski definition) is 4. The van der Waals surface area contributed by atoms with Crippen molar-refractivity contribution in [3.63, 3.8) is 0 Å². The topological polar surface area (TPSA) is 113 Å². The van der Waals surface area contributed by atoms with Crippen molar-refractivity contribution >= 4 is 34.1 Å². The van der Waals surface area contributed by atoms with Gasteiger partial charge in [-0.15, -0.1) is 0 Å². The number of nitrogens with one attached hydrogen (secondary N) is 1. The number of nitro groups is 1. The molecule has 1 aliphatic rings. The molecule has 8 nitrogen and oxygen atoms in total. The number of H-pyrrole nitrogens is 1. The summed E-state index contributed by atoms with van der Waals surface area (Å²) in [7, 11) is 0. The van der Waals surface area contributed by atoms with Crippen LogP contribution < -0.4 is 10.2 Å². The van der Waals surface area contributed by atoms with E-state index in [2.05, 4.69) is 11.1 Å². The summed E-state index contributed by atoms with van der Waals surface area (Å²) in [5, 5.41) is 14.1. The van der Waals surface area contributed by atoms with Crippen molar-refractivity contribution in [2.75, 3.05) is 11.4 Å². The van der Waals surface area contributed by atoms with Crippen LogP contribution in [0.4, 0.5) is 11.4 Å². The summed E-state index contributed by atoms with van der Waals surface area (Å²) in [6, 6.07) is 11.7. The van der Waals surface area contributed by atoms with Gasteiger partial charge in [-0.2, -0.15) is 0 Å². The molecule has 148 valence electrons. The van der Waals surface area contributed by atoms with Crippen molar-refractivity contribution in [2.45, 2.75) is 25.8 Å². The van der Waals surface area contributed by atoms with E-state index in [-0.39, 0.29) is 23.9 Å². The lowest BCUT2D eigenvalue weighted by Crippen LogP contribution is -2.92. The fraction of sp³-hybridized carbons (Fsp3) is 0.238. The zero-order valence-electron chi connectivity index (χ0n) is 15.9. The molecule has 1 saturated heterocycles. The van der Waals surface area contributed by atoms with Crippen molar-refractivity contribution in [1.29, 1.82) is 0 Å². The minimum Gasteiger partial charge on any atom is -0.361 e. The third-order valence-corrected chi connectivity index (χ3v) is 5.37. The molecule has 1 atom stereocenters. The summed E-state index contributed by atoms with van der Waals surface area (Å²) in [6.45, 7) is 2.39. The van der Waals surface area contributed by atoms with Crippen LogP contribution >= 0.6 is 0 Å². The largest absolute Gasteiger partial charge is 0.361 e. The lowest BCUT2D eigenvalue weighted by atomic mass is 10.1. The van der Waals surface area contributed by atoms with E-state index in [0.29, 0.717) is 17.8 Å². The molecule has 8 heteroatoms. The zero-order chi connectivity index (χ0) is 20.5. The third-order valence-electron chi connectivity index (χ3n) is 5.37. The van der Waals surface area contributed by atoms with Crippen molar-refractivity contribution in [3.05, 3.63) is 69.9 Å². The molecule has 1 aromatic heterocycles. The number of amides is 2. The molecule has 4 rings (SSSR count). The second-order valence-electron chi connectivity index (χ2n) is 7.24. The second-order valence-corrected chi connectivity index (χ2v) is 7.24. The number of rotatable bonds is 6. The number of nitrogens with two attached hydrogens (primary N) is 1. The van der Waals surface area contributed by atoms with Crippen LogP contribution in [0.15, 0.2) is 48.7 Å². The Labute approximate surface area is 166 Å². The summed E-state index contributed by atoms with van der Waals surface area (Å²) in [4.78, 5) is 40.2. The van der Waals surface area contributed by atoms with Crippen LogP contribution in [-0.2, 0) is 16.0 Å². The second kappa shape index (κ2) is 7.48. The van der Waals surface area contributed by atoms with Crippen LogP contribution in [0.2, 0.25) is 0 Å². The van der Waals surface area contributed by atoms with Crippen LogP contribution in [0.1, 0.15) is 17.5 Å². The molecule has 0 saturated carbocycles. The van der Waals surface area contributed by atoms with Gasteiger partial charge in [-0.3, -0.25) is 19.7 Å². The van der Waals surface area contributed by atoms with Crippen LogP contribution in [0.5, 0.6) is 0 Å². The van der Waals surface area contributed by atoms with Crippen LogP contribution in [-0.4, -0.2) is 34.3 Å². The van der Waals surface area contributed by atoms with E-state index in [1.54, 1.807) is 13.0 Å². The van der Waals surface area contributed by atoms with E-state index in [9.17, 15) is 19.7 Å². The van der Waals surface area contributed by atoms with Gasteiger partial charge < -0.3 is 10.3 Å². The maximum atomic E-state index is 12.9. The molecule has 3 aromatic rings. The fourth-order valence-corrected chi connectivity index (χ4v) is 3.82. The highest BCUT2D eigenvalue weighted by Crippen LogP contribution is 2.29. The Morgan fingerprint density at radius 2 is 2.03 bits per heavy atom. The number of hydrogen-bond donors (Lipinski definition) is 2. The maximum absolute atomic E-state index is 12.9. The first kappa shape index (κ1) is 18.8. The average Bonchev–Trinajstić information content (AvgIpc) is 3.23. The van der Waals surface area contributed by atoms with Gasteiger partial charge in [0, 0.05) is 35.7 Å². The van der Waals surface area contributed by atoms with Crippen LogP contribution in [0, 0.1) is 17.0 Å². The minimum atomic E-state index is -0.529. The number of aryl methyl sites for hydroxylation is 1. The molecule has 2 aromatic carbocycles. The Morgan fingerprint density at radius 3 is 2.83 bits per heavy atom. The number of carbonyl (C=O) groups is 2. The third kappa shape index (κ3) is 3.50. The summed E-state index contributed by atoms with van der Waals surface area (Å²) >= 11 is 0. The molecular formula is C21H21N4O4+. The average molecular weight is 393 g/mol. The van der Waals surface area contributed by atoms with E-state index in [4.69, 9.17) is 0 Å². The summed E-state index contributed by atoms with van der Waals surface area (Å²) < 4.78 is 0. The zero-order valence-corrected chi connectivity index (χ0v) is 15.9. The molecule has 0 radical (unpaired) electrons. The minimum absolute atomic E-state index is 0.0921. The Hall–Kier alpha value is -3.52. The standard InChI is InChI=1S/C21H20N4O4/c1-13-6-7-15(25(28)29)10-19(13)24-20(26)11-18(21(24)27)22-9-8-14-12-23-17-5-3-2-4-16(14)17/h2-7,10,12,18,22-23H,8-9,11H2,1H3/p+1/t18-/m1/s1. The van der Waals surface area contributed by atoms with Gasteiger partial charge in [0.2, 0.25) is 5.91 Å². The number of aromatic amines is 1. The van der Waals surface area contributed by atoms with E-state index >= 15 is 0 Å². The molecule has 29 heavy (non-hydrogen) atoms. The Balaban J connectivity index is 1.46. The van der Waals surface area contributed by atoms with Gasteiger partial charge in [-0.1, -0.05) is 24.3 Å². The number of nitrogens with zero attached hydrogens (tertiary/aromatic N) is 2. The SMILES string of the molecule is Cc1ccc([N+](=O)[O-])cc1N1C(=O)C[C@@H]([NH2+]CCc2c[nH]c3ccccc23)C1=O. The summed E-state index contributed by atoms with van der Waals surface area (Å²) in [6.07, 6.45) is 2.82. The van der Waals surface area contributed by atoms with E-state index in [1.165, 1.54) is 17.7 Å². The molecule has 2 amide bonds. The number of carbonyl (C=O) groups excluding carboxylic acids is 2. The van der Waals surface area contributed by atoms with Gasteiger partial charge in [0.1, 0.15) is 0 Å². The smallest absolute Gasteiger partial charge is 0.292 e. The highest BCUT2D eigenvalue weighted by atomic mass is 16.6. The van der Waals surface area contributed by atoms with Crippen molar-refractivity contribution in [1.82, 2.24) is 4.98 Å². The quantitative estimate of drug-likeness (QED) is 0.378. The molecule has 0 spiro atoms. The Kier molecular flexibility index (Phi) is 4.85. The van der Waals surface area contributed by atoms with Gasteiger partial charge in [0.15, 0.2) is 6.04 Å². The predicted molar refractivity (Wildman–Crippen MR) is 108 cm³/mol. The molecule has 1 fully saturated rings. The van der Waals surface area contributed by atoms with E-state index in [1.807, 2.05) is 29.7 Å². The number of quaternary nitrogens is 1. The van der Waals surface area contributed by atoms with Gasteiger partial charge in [0.05, 0.1) is 23.6 Å². The fourth-order valence-electron chi connectivity index (χ4n) is 3.82. The number of anilines is 1. The van der Waals surface area contributed by atoms with Gasteiger partial charge in [-0.25, -0.2) is 4.90 Å². The monoisotopic (exact) mass is 393 g/mol. The number of nitro benzene ring substituents is 1. The molecule has 0 aliphatic carbocycles. The highest BCUT2D eigenvalue weighted by molar-refractivity contribution is 6.22. The molecule has 0 bridgehead atoms. The van der Waals surface area contributed by atoms with Crippen molar-refractivity contribution in [2.24, 2.45) is 0 Å². The van der Waals surface area contributed by atoms with E-state index in [0.717, 1.165) is 22.2 Å². The van der Waals surface area contributed by atoms with Crippen LogP contribution in [0.3, 0.4) is 0 Å². The molecular weight excluding hydrogens is 372 g/mol. The molecule has 2 heterocycles. The highest BCUT2D eigenvalue weighted by Gasteiger charge is 2.43. The Morgan fingerprint density at radius 1 is 1.24 bits per heavy atom. The van der Waals surface area contributed by atoms with Crippen molar-refractivity contribution in [3.8, 4) is 0 Å². The lowest BCUT2D eigenvalue weighted by Gasteiger charge is -2.16. The normalized spacial score (nSPS) is 16.7. The number of benzene rings is 2. The van der Waals surface area contributed by atoms with Gasteiger partial charge in [0.25, 0.3) is 11.6 Å². The van der Waals surface area contributed by atoms with E-state index < -0.39 is 11.0 Å². The number of imide groups is 1. The molecule has 1 aliphatic heterocycles. The lowest BCUT2D eigenvalue weighted by molar-refractivity contribution is -0.674. The molecule has 0 unspecified atom stereocenters. The number of fused-ring (bicyclic) bond motifs is 1. The van der Waals surface area contributed by atoms with Crippen LogP contribution in [0.25, 0.3) is 10.9 Å². The number of non-ortho nitro benzene ring substituents is 1. The van der Waals surface area contributed by atoms with Gasteiger partial charge >= 0.3 is 0 Å². The first-order chi connectivity index (χ1) is 14.0. The first-order valence-corrected chi connectivity index (χ1v) is 9.46. The predicted octanol–water partition coefficient (Wildman–Crippen LogP) is 1.82. The van der Waals surface area contributed by atoms with Gasteiger partial charge in [-0.05, 0) is 24.1 Å². The number of para-hydroxylation sites is 1. The van der Waals surface area contributed by atoms with Crippen molar-refractivity contribution < 1.29 is 19.8 Å². The summed E-state index contributed by atoms with van der Waals surface area (Å²) in [5.41, 5.74) is 3.04. The first-order valence-electron chi connectivity index (χ1n) is 9.46.